The third-order valence-corrected chi connectivity index (χ3v) is 4.07. The van der Waals surface area contributed by atoms with Gasteiger partial charge in [0.2, 0.25) is 5.91 Å². The van der Waals surface area contributed by atoms with Gasteiger partial charge in [0, 0.05) is 28.4 Å². The van der Waals surface area contributed by atoms with Crippen molar-refractivity contribution in [3.05, 3.63) is 76.3 Å². The number of para-hydroxylation sites is 1. The van der Waals surface area contributed by atoms with E-state index in [2.05, 4.69) is 20.4 Å². The lowest BCUT2D eigenvalue weighted by atomic mass is 10.1. The van der Waals surface area contributed by atoms with Crippen LogP contribution in [-0.2, 0) is 11.2 Å². The standard InChI is InChI=1S/C20H16N4O3/c1-12-9-18(25)23-20(21-12)13-5-4-6-14(10-13)22-19(26)11-16-15-7-2-3-8-17(15)27-24-16/h2-10H,11H2,1H3,(H,22,26)(H,21,23,25). The van der Waals surface area contributed by atoms with Crippen LogP contribution in [0.1, 0.15) is 11.4 Å². The fraction of sp³-hybridized carbons (Fsp3) is 0.100. The largest absolute Gasteiger partial charge is 0.356 e. The van der Waals surface area contributed by atoms with Crippen LogP contribution < -0.4 is 10.9 Å². The first-order chi connectivity index (χ1) is 13.1. The van der Waals surface area contributed by atoms with Crippen LogP contribution >= 0.6 is 0 Å². The van der Waals surface area contributed by atoms with Gasteiger partial charge in [-0.3, -0.25) is 9.59 Å². The number of nitrogens with one attached hydrogen (secondary N) is 2. The van der Waals surface area contributed by atoms with E-state index in [4.69, 9.17) is 4.52 Å². The molecule has 0 radical (unpaired) electrons. The summed E-state index contributed by atoms with van der Waals surface area (Å²) in [6, 6.07) is 16.0. The van der Waals surface area contributed by atoms with Crippen LogP contribution in [0.25, 0.3) is 22.4 Å². The highest BCUT2D eigenvalue weighted by atomic mass is 16.5. The molecule has 0 saturated carbocycles. The number of carbonyl (C=O) groups excluding carboxylic acids is 1. The van der Waals surface area contributed by atoms with Crippen molar-refractivity contribution in [3.8, 4) is 11.4 Å². The molecular formula is C20H16N4O3. The zero-order chi connectivity index (χ0) is 18.8. The monoisotopic (exact) mass is 360 g/mol. The molecule has 2 heterocycles. The molecule has 1 amide bonds. The van der Waals surface area contributed by atoms with Gasteiger partial charge in [-0.05, 0) is 31.2 Å². The highest BCUT2D eigenvalue weighted by molar-refractivity contribution is 5.95. The Bertz CT molecular complexity index is 1190. The summed E-state index contributed by atoms with van der Waals surface area (Å²) in [5.74, 6) is 0.246. The van der Waals surface area contributed by atoms with E-state index >= 15 is 0 Å². The number of anilines is 1. The van der Waals surface area contributed by atoms with Crippen molar-refractivity contribution in [3.63, 3.8) is 0 Å². The van der Waals surface area contributed by atoms with Crippen LogP contribution in [0.4, 0.5) is 5.69 Å². The number of amides is 1. The van der Waals surface area contributed by atoms with Gasteiger partial charge in [-0.2, -0.15) is 0 Å². The van der Waals surface area contributed by atoms with Crippen molar-refractivity contribution in [1.29, 1.82) is 0 Å². The molecule has 4 aromatic rings. The SMILES string of the molecule is Cc1cc(=O)[nH]c(-c2cccc(NC(=O)Cc3noc4ccccc34)c2)n1. The Kier molecular flexibility index (Phi) is 4.25. The quantitative estimate of drug-likeness (QED) is 0.582. The van der Waals surface area contributed by atoms with E-state index in [1.165, 1.54) is 6.07 Å². The molecule has 0 unspecified atom stereocenters. The summed E-state index contributed by atoms with van der Waals surface area (Å²) in [5, 5.41) is 7.64. The highest BCUT2D eigenvalue weighted by Crippen LogP contribution is 2.21. The lowest BCUT2D eigenvalue weighted by Crippen LogP contribution is -2.15. The summed E-state index contributed by atoms with van der Waals surface area (Å²) < 4.78 is 5.23. The van der Waals surface area contributed by atoms with Gasteiger partial charge in [0.1, 0.15) is 11.5 Å². The van der Waals surface area contributed by atoms with E-state index in [0.717, 1.165) is 5.39 Å². The summed E-state index contributed by atoms with van der Waals surface area (Å²) in [6.45, 7) is 1.76. The number of nitrogens with zero attached hydrogens (tertiary/aromatic N) is 2. The first-order valence-electron chi connectivity index (χ1n) is 8.40. The van der Waals surface area contributed by atoms with Crippen LogP contribution in [0, 0.1) is 6.92 Å². The fourth-order valence-electron chi connectivity index (χ4n) is 2.88. The Hall–Kier alpha value is -3.74. The molecule has 7 heteroatoms. The molecular weight excluding hydrogens is 344 g/mol. The molecule has 0 fully saturated rings. The van der Waals surface area contributed by atoms with Crippen molar-refractivity contribution in [2.45, 2.75) is 13.3 Å². The topological polar surface area (TPSA) is 101 Å². The maximum Gasteiger partial charge on any atom is 0.251 e. The van der Waals surface area contributed by atoms with Gasteiger partial charge in [-0.1, -0.05) is 29.4 Å². The van der Waals surface area contributed by atoms with Gasteiger partial charge < -0.3 is 14.8 Å². The minimum Gasteiger partial charge on any atom is -0.356 e. The zero-order valence-electron chi connectivity index (χ0n) is 14.5. The van der Waals surface area contributed by atoms with E-state index in [-0.39, 0.29) is 17.9 Å². The van der Waals surface area contributed by atoms with E-state index in [1.54, 1.807) is 25.1 Å². The predicted octanol–water partition coefficient (Wildman–Crippen LogP) is 3.07. The van der Waals surface area contributed by atoms with Crippen molar-refractivity contribution in [1.82, 2.24) is 15.1 Å². The number of aryl methyl sites for hydroxylation is 1. The molecule has 0 aliphatic heterocycles. The van der Waals surface area contributed by atoms with Crippen molar-refractivity contribution < 1.29 is 9.32 Å². The number of carbonyl (C=O) groups is 1. The Labute approximate surface area is 154 Å². The Morgan fingerprint density at radius 2 is 2.00 bits per heavy atom. The second-order valence-corrected chi connectivity index (χ2v) is 6.17. The van der Waals surface area contributed by atoms with E-state index in [9.17, 15) is 9.59 Å². The fourth-order valence-corrected chi connectivity index (χ4v) is 2.88. The summed E-state index contributed by atoms with van der Waals surface area (Å²) in [4.78, 5) is 31.1. The molecule has 0 spiro atoms. The number of benzene rings is 2. The molecule has 0 saturated heterocycles. The highest BCUT2D eigenvalue weighted by Gasteiger charge is 2.12. The molecule has 134 valence electrons. The second kappa shape index (κ2) is 6.87. The minimum absolute atomic E-state index is 0.0980. The van der Waals surface area contributed by atoms with Gasteiger partial charge in [0.05, 0.1) is 6.42 Å². The van der Waals surface area contributed by atoms with Crippen molar-refractivity contribution in [2.24, 2.45) is 0 Å². The van der Waals surface area contributed by atoms with E-state index < -0.39 is 0 Å². The van der Waals surface area contributed by atoms with Crippen LogP contribution in [0.15, 0.2) is 63.9 Å². The van der Waals surface area contributed by atoms with Crippen LogP contribution in [-0.4, -0.2) is 21.0 Å². The van der Waals surface area contributed by atoms with Gasteiger partial charge in [-0.15, -0.1) is 0 Å². The smallest absolute Gasteiger partial charge is 0.251 e. The van der Waals surface area contributed by atoms with Crippen LogP contribution in [0.2, 0.25) is 0 Å². The molecule has 0 atom stereocenters. The third kappa shape index (κ3) is 3.62. The van der Waals surface area contributed by atoms with E-state index in [1.807, 2.05) is 30.3 Å². The maximum absolute atomic E-state index is 12.4. The number of hydrogen-bond donors (Lipinski definition) is 2. The molecule has 4 rings (SSSR count). The average Bonchev–Trinajstić information content (AvgIpc) is 3.04. The van der Waals surface area contributed by atoms with Crippen molar-refractivity contribution in [2.75, 3.05) is 5.32 Å². The molecule has 27 heavy (non-hydrogen) atoms. The Morgan fingerprint density at radius 1 is 1.15 bits per heavy atom. The molecule has 2 aromatic heterocycles. The predicted molar refractivity (Wildman–Crippen MR) is 101 cm³/mol. The summed E-state index contributed by atoms with van der Waals surface area (Å²) in [5.41, 5.74) is 2.96. The van der Waals surface area contributed by atoms with Crippen LogP contribution in [0.5, 0.6) is 0 Å². The minimum atomic E-state index is -0.218. The van der Waals surface area contributed by atoms with E-state index in [0.29, 0.717) is 34.0 Å². The maximum atomic E-state index is 12.4. The summed E-state index contributed by atoms with van der Waals surface area (Å²) in [7, 11) is 0. The summed E-state index contributed by atoms with van der Waals surface area (Å²) in [6.07, 6.45) is 0.0980. The third-order valence-electron chi connectivity index (χ3n) is 4.07. The van der Waals surface area contributed by atoms with Gasteiger partial charge in [-0.25, -0.2) is 4.98 Å². The average molecular weight is 360 g/mol. The molecule has 0 aliphatic rings. The zero-order valence-corrected chi connectivity index (χ0v) is 14.5. The molecule has 0 bridgehead atoms. The number of fused-ring (bicyclic) bond motifs is 1. The molecule has 7 nitrogen and oxygen atoms in total. The normalized spacial score (nSPS) is 10.9. The van der Waals surface area contributed by atoms with Gasteiger partial charge in [0.25, 0.3) is 5.56 Å². The number of aromatic nitrogens is 3. The van der Waals surface area contributed by atoms with Crippen LogP contribution in [0.3, 0.4) is 0 Å². The van der Waals surface area contributed by atoms with Gasteiger partial charge >= 0.3 is 0 Å². The lowest BCUT2D eigenvalue weighted by Gasteiger charge is -2.07. The Balaban J connectivity index is 1.54. The second-order valence-electron chi connectivity index (χ2n) is 6.17. The van der Waals surface area contributed by atoms with Gasteiger partial charge in [0.15, 0.2) is 5.58 Å². The first kappa shape index (κ1) is 16.7. The molecule has 2 aromatic carbocycles. The number of rotatable bonds is 4. The number of hydrogen-bond acceptors (Lipinski definition) is 5. The summed E-state index contributed by atoms with van der Waals surface area (Å²) >= 11 is 0. The Morgan fingerprint density at radius 3 is 2.85 bits per heavy atom. The number of aromatic amines is 1. The molecule has 2 N–H and O–H groups in total. The lowest BCUT2D eigenvalue weighted by molar-refractivity contribution is -0.115. The first-order valence-corrected chi connectivity index (χ1v) is 8.40. The van der Waals surface area contributed by atoms with Crippen molar-refractivity contribution >= 4 is 22.6 Å². The number of H-pyrrole nitrogens is 1. The molecule has 0 aliphatic carbocycles.